The van der Waals surface area contributed by atoms with Crippen molar-refractivity contribution in [1.82, 2.24) is 19.6 Å². The Bertz CT molecular complexity index is 758. The van der Waals surface area contributed by atoms with Crippen LogP contribution in [0.15, 0.2) is 30.5 Å². The highest BCUT2D eigenvalue weighted by Gasteiger charge is 2.33. The van der Waals surface area contributed by atoms with Gasteiger partial charge in [-0.05, 0) is 37.1 Å². The first-order valence-corrected chi connectivity index (χ1v) is 9.48. The fourth-order valence-electron chi connectivity index (χ4n) is 4.33. The van der Waals surface area contributed by atoms with Crippen molar-refractivity contribution in [2.75, 3.05) is 32.0 Å². The average molecular weight is 357 g/mol. The molecule has 1 aromatic carbocycles. The first-order valence-electron chi connectivity index (χ1n) is 9.48. The van der Waals surface area contributed by atoms with Gasteiger partial charge in [-0.3, -0.25) is 9.58 Å². The molecule has 5 nitrogen and oxygen atoms in total. The van der Waals surface area contributed by atoms with E-state index in [0.29, 0.717) is 13.0 Å². The SMILES string of the molecule is CN(Cc1cccc2c1NCC2)C[C@@H]1C[C@H](F)CN1Cc1ccnn1C. The zero-order chi connectivity index (χ0) is 18.1. The Morgan fingerprint density at radius 2 is 2.23 bits per heavy atom. The summed E-state index contributed by atoms with van der Waals surface area (Å²) in [7, 11) is 4.09. The van der Waals surface area contributed by atoms with Gasteiger partial charge in [0, 0.05) is 57.7 Å². The van der Waals surface area contributed by atoms with Crippen molar-refractivity contribution < 1.29 is 4.39 Å². The first-order chi connectivity index (χ1) is 12.6. The van der Waals surface area contributed by atoms with Gasteiger partial charge >= 0.3 is 0 Å². The zero-order valence-corrected chi connectivity index (χ0v) is 15.7. The zero-order valence-electron chi connectivity index (χ0n) is 15.7. The number of fused-ring (bicyclic) bond motifs is 1. The predicted molar refractivity (Wildman–Crippen MR) is 102 cm³/mol. The van der Waals surface area contributed by atoms with Crippen molar-refractivity contribution in [3.8, 4) is 0 Å². The molecule has 1 N–H and O–H groups in total. The van der Waals surface area contributed by atoms with Crippen LogP contribution >= 0.6 is 0 Å². The fourth-order valence-corrected chi connectivity index (χ4v) is 4.33. The number of hydrogen-bond donors (Lipinski definition) is 1. The van der Waals surface area contributed by atoms with Crippen molar-refractivity contribution in [1.29, 1.82) is 0 Å². The lowest BCUT2D eigenvalue weighted by Gasteiger charge is -2.28. The maximum Gasteiger partial charge on any atom is 0.114 e. The quantitative estimate of drug-likeness (QED) is 0.861. The third-order valence-corrected chi connectivity index (χ3v) is 5.66. The Morgan fingerprint density at radius 1 is 1.35 bits per heavy atom. The van der Waals surface area contributed by atoms with Gasteiger partial charge in [-0.2, -0.15) is 5.10 Å². The normalized spacial score (nSPS) is 22.8. The number of para-hydroxylation sites is 1. The molecule has 26 heavy (non-hydrogen) atoms. The number of rotatable bonds is 6. The molecule has 0 spiro atoms. The number of likely N-dealkylation sites (tertiary alicyclic amines) is 1. The molecule has 1 fully saturated rings. The Kier molecular flexibility index (Phi) is 4.96. The standard InChI is InChI=1S/C20H28FN5/c1-24(11-16-5-3-4-15-6-8-22-20(15)16)13-19-10-17(21)12-26(19)14-18-7-9-23-25(18)2/h3-5,7,9,17,19,22H,6,8,10-14H2,1-2H3/t17-,19-/m0/s1. The number of benzene rings is 1. The summed E-state index contributed by atoms with van der Waals surface area (Å²) in [4.78, 5) is 4.60. The largest absolute Gasteiger partial charge is 0.384 e. The summed E-state index contributed by atoms with van der Waals surface area (Å²) in [6.07, 6.45) is 2.80. The number of hydrogen-bond acceptors (Lipinski definition) is 4. The van der Waals surface area contributed by atoms with Crippen LogP contribution in [0.4, 0.5) is 10.1 Å². The molecule has 140 valence electrons. The second-order valence-corrected chi connectivity index (χ2v) is 7.69. The van der Waals surface area contributed by atoms with Crippen LogP contribution in [0.2, 0.25) is 0 Å². The van der Waals surface area contributed by atoms with Crippen LogP contribution in [-0.4, -0.2) is 58.5 Å². The van der Waals surface area contributed by atoms with Gasteiger partial charge in [0.05, 0.1) is 5.69 Å². The highest BCUT2D eigenvalue weighted by atomic mass is 19.1. The molecule has 2 atom stereocenters. The summed E-state index contributed by atoms with van der Waals surface area (Å²) in [6.45, 7) is 4.08. The highest BCUT2D eigenvalue weighted by Crippen LogP contribution is 2.28. The van der Waals surface area contributed by atoms with Gasteiger partial charge in [0.2, 0.25) is 0 Å². The molecule has 0 amide bonds. The fraction of sp³-hybridized carbons (Fsp3) is 0.550. The van der Waals surface area contributed by atoms with E-state index in [-0.39, 0.29) is 6.04 Å². The smallest absolute Gasteiger partial charge is 0.114 e. The van der Waals surface area contributed by atoms with Crippen LogP contribution in [0.25, 0.3) is 0 Å². The van der Waals surface area contributed by atoms with Crippen LogP contribution in [0.5, 0.6) is 0 Å². The second-order valence-electron chi connectivity index (χ2n) is 7.69. The number of nitrogens with one attached hydrogen (secondary N) is 1. The molecule has 0 aliphatic carbocycles. The van der Waals surface area contributed by atoms with Crippen molar-refractivity contribution in [3.05, 3.63) is 47.3 Å². The minimum Gasteiger partial charge on any atom is -0.384 e. The molecule has 1 saturated heterocycles. The lowest BCUT2D eigenvalue weighted by molar-refractivity contribution is 0.177. The van der Waals surface area contributed by atoms with Gasteiger partial charge in [0.25, 0.3) is 0 Å². The number of nitrogens with zero attached hydrogens (tertiary/aromatic N) is 4. The second kappa shape index (κ2) is 7.37. The third-order valence-electron chi connectivity index (χ3n) is 5.66. The van der Waals surface area contributed by atoms with Crippen molar-refractivity contribution >= 4 is 5.69 Å². The number of aryl methyl sites for hydroxylation is 1. The molecule has 1 aromatic heterocycles. The Morgan fingerprint density at radius 3 is 3.04 bits per heavy atom. The molecule has 0 saturated carbocycles. The summed E-state index contributed by atoms with van der Waals surface area (Å²) < 4.78 is 16.0. The molecule has 0 radical (unpaired) electrons. The van der Waals surface area contributed by atoms with Gasteiger partial charge in [0.15, 0.2) is 0 Å². The number of alkyl halides is 1. The first kappa shape index (κ1) is 17.5. The van der Waals surface area contributed by atoms with Crippen molar-refractivity contribution in [2.24, 2.45) is 7.05 Å². The van der Waals surface area contributed by atoms with E-state index in [0.717, 1.165) is 38.3 Å². The lowest BCUT2D eigenvalue weighted by atomic mass is 10.1. The monoisotopic (exact) mass is 357 g/mol. The highest BCUT2D eigenvalue weighted by molar-refractivity contribution is 5.61. The predicted octanol–water partition coefficient (Wildman–Crippen LogP) is 2.43. The van der Waals surface area contributed by atoms with Gasteiger partial charge in [-0.1, -0.05) is 18.2 Å². The summed E-state index contributed by atoms with van der Waals surface area (Å²) in [5.74, 6) is 0. The maximum atomic E-state index is 14.1. The van der Waals surface area contributed by atoms with Crippen molar-refractivity contribution in [2.45, 2.75) is 38.1 Å². The molecule has 2 aromatic rings. The number of halogens is 1. The maximum absolute atomic E-state index is 14.1. The van der Waals surface area contributed by atoms with E-state index in [1.54, 1.807) is 0 Å². The molecule has 2 aliphatic rings. The molecule has 3 heterocycles. The van der Waals surface area contributed by atoms with Crippen LogP contribution in [0.1, 0.15) is 23.2 Å². The Balaban J connectivity index is 1.40. The van der Waals surface area contributed by atoms with Crippen LogP contribution in [-0.2, 0) is 26.6 Å². The van der Waals surface area contributed by atoms with E-state index in [4.69, 9.17) is 0 Å². The molecular weight excluding hydrogens is 329 g/mol. The molecule has 0 bridgehead atoms. The van der Waals surface area contributed by atoms with Crippen LogP contribution in [0, 0.1) is 0 Å². The molecule has 0 unspecified atom stereocenters. The molecule has 2 aliphatic heterocycles. The van der Waals surface area contributed by atoms with Crippen LogP contribution < -0.4 is 5.32 Å². The summed E-state index contributed by atoms with van der Waals surface area (Å²) in [5, 5.41) is 7.74. The number of likely N-dealkylation sites (N-methyl/N-ethyl adjacent to an activating group) is 1. The van der Waals surface area contributed by atoms with Gasteiger partial charge in [-0.25, -0.2) is 4.39 Å². The van der Waals surface area contributed by atoms with Gasteiger partial charge in [-0.15, -0.1) is 0 Å². The average Bonchev–Trinajstić information content (AvgIpc) is 3.30. The molecule has 6 heteroatoms. The van der Waals surface area contributed by atoms with Crippen molar-refractivity contribution in [3.63, 3.8) is 0 Å². The van der Waals surface area contributed by atoms with E-state index in [1.165, 1.54) is 16.8 Å². The molecular formula is C20H28FN5. The minimum atomic E-state index is -0.732. The number of anilines is 1. The van der Waals surface area contributed by atoms with Gasteiger partial charge < -0.3 is 10.2 Å². The van der Waals surface area contributed by atoms with E-state index in [9.17, 15) is 4.39 Å². The summed E-state index contributed by atoms with van der Waals surface area (Å²) in [5.41, 5.74) is 5.20. The summed E-state index contributed by atoms with van der Waals surface area (Å²) >= 11 is 0. The van der Waals surface area contributed by atoms with E-state index >= 15 is 0 Å². The third kappa shape index (κ3) is 3.62. The van der Waals surface area contributed by atoms with E-state index < -0.39 is 6.17 Å². The van der Waals surface area contributed by atoms with E-state index in [2.05, 4.69) is 45.5 Å². The molecule has 4 rings (SSSR count). The summed E-state index contributed by atoms with van der Waals surface area (Å²) in [6, 6.07) is 8.82. The van der Waals surface area contributed by atoms with E-state index in [1.807, 2.05) is 24.0 Å². The number of aromatic nitrogens is 2. The topological polar surface area (TPSA) is 36.3 Å². The van der Waals surface area contributed by atoms with Crippen LogP contribution in [0.3, 0.4) is 0 Å². The minimum absolute atomic E-state index is 0.245. The van der Waals surface area contributed by atoms with Gasteiger partial charge in [0.1, 0.15) is 6.17 Å². The lowest BCUT2D eigenvalue weighted by Crippen LogP contribution is -2.38. The Labute approximate surface area is 154 Å². The Hall–Kier alpha value is -1.92.